The van der Waals surface area contributed by atoms with Crippen molar-refractivity contribution in [3.8, 4) is 5.75 Å². The minimum Gasteiger partial charge on any atom is -0.478 e. The number of halogens is 1. The first-order valence-electron chi connectivity index (χ1n) is 9.22. The van der Waals surface area contributed by atoms with E-state index in [1.807, 2.05) is 0 Å². The smallest absolute Gasteiger partial charge is 0.261 e. The molecule has 1 amide bonds. The van der Waals surface area contributed by atoms with E-state index in [2.05, 4.69) is 20.6 Å². The summed E-state index contributed by atoms with van der Waals surface area (Å²) in [5.74, 6) is -0.999. The Bertz CT molecular complexity index is 1250. The van der Waals surface area contributed by atoms with Gasteiger partial charge in [-0.2, -0.15) is 4.98 Å². The number of aromatic nitrogens is 2. The molecule has 32 heavy (non-hydrogen) atoms. The molecule has 0 aliphatic carbocycles. The van der Waals surface area contributed by atoms with Gasteiger partial charge in [0.1, 0.15) is 5.75 Å². The van der Waals surface area contributed by atoms with Crippen molar-refractivity contribution in [2.45, 2.75) is 24.3 Å². The standard InChI is InChI=1S/C20H21FN6O4S/c1-20(2,18(22)28)31-14-8-6-12(7-9-14)25-17-16(21)11-24-19(27-17)26-13-4-3-5-15(10-13)32(23,29)30/h3-11H,1-2H3,(H2,22,28)(H2,23,29,30)(H2,24,25,26,27). The lowest BCUT2D eigenvalue weighted by molar-refractivity contribution is -0.130. The van der Waals surface area contributed by atoms with Crippen LogP contribution in [-0.4, -0.2) is 29.9 Å². The maximum atomic E-state index is 14.2. The van der Waals surface area contributed by atoms with Crippen LogP contribution >= 0.6 is 0 Å². The third kappa shape index (κ3) is 5.68. The normalized spacial score (nSPS) is 11.6. The van der Waals surface area contributed by atoms with Crippen molar-refractivity contribution in [1.29, 1.82) is 0 Å². The summed E-state index contributed by atoms with van der Waals surface area (Å²) in [4.78, 5) is 19.2. The molecule has 1 aromatic heterocycles. The fourth-order valence-electron chi connectivity index (χ4n) is 2.48. The molecule has 3 rings (SSSR count). The molecule has 0 saturated carbocycles. The second-order valence-corrected chi connectivity index (χ2v) is 8.78. The Morgan fingerprint density at radius 3 is 2.41 bits per heavy atom. The van der Waals surface area contributed by atoms with Gasteiger partial charge in [-0.3, -0.25) is 4.79 Å². The molecule has 0 aliphatic rings. The zero-order valence-corrected chi connectivity index (χ0v) is 18.0. The number of primary sulfonamides is 1. The van der Waals surface area contributed by atoms with Crippen LogP contribution in [0.15, 0.2) is 59.6 Å². The number of benzene rings is 2. The Hall–Kier alpha value is -3.77. The molecule has 12 heteroatoms. The summed E-state index contributed by atoms with van der Waals surface area (Å²) in [7, 11) is -3.88. The number of rotatable bonds is 8. The molecule has 0 saturated heterocycles. The maximum Gasteiger partial charge on any atom is 0.261 e. The molecule has 0 bridgehead atoms. The first kappa shape index (κ1) is 22.9. The number of hydrogen-bond donors (Lipinski definition) is 4. The number of ether oxygens (including phenoxy) is 1. The number of anilines is 4. The van der Waals surface area contributed by atoms with E-state index in [9.17, 15) is 17.6 Å². The molecule has 0 aliphatic heterocycles. The molecule has 2 aromatic carbocycles. The number of primary amides is 1. The third-order valence-corrected chi connectivity index (χ3v) is 5.16. The first-order valence-corrected chi connectivity index (χ1v) is 10.8. The van der Waals surface area contributed by atoms with Gasteiger partial charge in [-0.25, -0.2) is 22.9 Å². The Morgan fingerprint density at radius 1 is 1.09 bits per heavy atom. The summed E-state index contributed by atoms with van der Waals surface area (Å²) >= 11 is 0. The van der Waals surface area contributed by atoms with E-state index in [0.717, 1.165) is 6.20 Å². The highest BCUT2D eigenvalue weighted by molar-refractivity contribution is 7.89. The van der Waals surface area contributed by atoms with Crippen LogP contribution in [0.5, 0.6) is 5.75 Å². The minimum atomic E-state index is -3.88. The van der Waals surface area contributed by atoms with Gasteiger partial charge in [0.05, 0.1) is 11.1 Å². The second-order valence-electron chi connectivity index (χ2n) is 7.21. The molecule has 0 spiro atoms. The number of carbonyl (C=O) groups excluding carboxylic acids is 1. The summed E-state index contributed by atoms with van der Waals surface area (Å²) in [6, 6.07) is 12.1. The highest BCUT2D eigenvalue weighted by atomic mass is 32.2. The summed E-state index contributed by atoms with van der Waals surface area (Å²) in [5, 5.41) is 10.8. The fourth-order valence-corrected chi connectivity index (χ4v) is 3.04. The largest absolute Gasteiger partial charge is 0.478 e. The van der Waals surface area contributed by atoms with E-state index in [0.29, 0.717) is 17.1 Å². The van der Waals surface area contributed by atoms with Crippen molar-refractivity contribution >= 4 is 39.1 Å². The van der Waals surface area contributed by atoms with E-state index < -0.39 is 27.3 Å². The van der Waals surface area contributed by atoms with Crippen molar-refractivity contribution in [3.63, 3.8) is 0 Å². The summed E-state index contributed by atoms with van der Waals surface area (Å²) in [6.07, 6.45) is 0.966. The first-order chi connectivity index (χ1) is 14.9. The van der Waals surface area contributed by atoms with Crippen LogP contribution < -0.4 is 26.2 Å². The van der Waals surface area contributed by atoms with Crippen LogP contribution in [0.4, 0.5) is 27.5 Å². The summed E-state index contributed by atoms with van der Waals surface area (Å²) in [5.41, 5.74) is 4.95. The fraction of sp³-hybridized carbons (Fsp3) is 0.150. The maximum absolute atomic E-state index is 14.2. The second kappa shape index (κ2) is 8.77. The third-order valence-electron chi connectivity index (χ3n) is 4.25. The average molecular weight is 460 g/mol. The quantitative estimate of drug-likeness (QED) is 0.398. The summed E-state index contributed by atoms with van der Waals surface area (Å²) in [6.45, 7) is 3.09. The Morgan fingerprint density at radius 2 is 1.78 bits per heavy atom. The van der Waals surface area contributed by atoms with Crippen LogP contribution in [0.2, 0.25) is 0 Å². The number of nitrogens with two attached hydrogens (primary N) is 2. The molecule has 0 radical (unpaired) electrons. The van der Waals surface area contributed by atoms with Crippen LogP contribution in [0.3, 0.4) is 0 Å². The molecule has 1 heterocycles. The Kier molecular flexibility index (Phi) is 6.27. The lowest BCUT2D eigenvalue weighted by Gasteiger charge is -2.22. The molecule has 6 N–H and O–H groups in total. The number of nitrogens with zero attached hydrogens (tertiary/aromatic N) is 2. The predicted molar refractivity (Wildman–Crippen MR) is 117 cm³/mol. The van der Waals surface area contributed by atoms with Crippen molar-refractivity contribution in [2.75, 3.05) is 10.6 Å². The molecular formula is C20H21FN6O4S. The number of carbonyl (C=O) groups is 1. The molecule has 168 valence electrons. The van der Waals surface area contributed by atoms with Gasteiger partial charge in [0.25, 0.3) is 5.91 Å². The zero-order valence-electron chi connectivity index (χ0n) is 17.2. The number of nitrogens with one attached hydrogen (secondary N) is 2. The zero-order chi connectivity index (χ0) is 23.5. The van der Waals surface area contributed by atoms with E-state index >= 15 is 0 Å². The van der Waals surface area contributed by atoms with Gasteiger partial charge in [-0.1, -0.05) is 6.07 Å². The van der Waals surface area contributed by atoms with E-state index in [-0.39, 0.29) is 16.7 Å². The molecular weight excluding hydrogens is 439 g/mol. The van der Waals surface area contributed by atoms with Crippen molar-refractivity contribution in [3.05, 3.63) is 60.5 Å². The van der Waals surface area contributed by atoms with Crippen molar-refractivity contribution in [2.24, 2.45) is 10.9 Å². The average Bonchev–Trinajstić information content (AvgIpc) is 2.71. The van der Waals surface area contributed by atoms with Crippen LogP contribution in [0.25, 0.3) is 0 Å². The van der Waals surface area contributed by atoms with Gasteiger partial charge in [0.2, 0.25) is 16.0 Å². The highest BCUT2D eigenvalue weighted by Gasteiger charge is 2.27. The topological polar surface area (TPSA) is 162 Å². The van der Waals surface area contributed by atoms with Crippen LogP contribution in [-0.2, 0) is 14.8 Å². The van der Waals surface area contributed by atoms with Crippen LogP contribution in [0, 0.1) is 5.82 Å². The van der Waals surface area contributed by atoms with Crippen molar-refractivity contribution < 1.29 is 22.3 Å². The molecule has 3 aromatic rings. The lowest BCUT2D eigenvalue weighted by Crippen LogP contribution is -2.43. The van der Waals surface area contributed by atoms with E-state index in [1.165, 1.54) is 18.2 Å². The summed E-state index contributed by atoms with van der Waals surface area (Å²) < 4.78 is 42.8. The Labute approximate surface area is 183 Å². The minimum absolute atomic E-state index is 0.0311. The van der Waals surface area contributed by atoms with Gasteiger partial charge in [-0.05, 0) is 56.3 Å². The molecule has 0 fully saturated rings. The number of amides is 1. The number of sulfonamides is 1. The highest BCUT2D eigenvalue weighted by Crippen LogP contribution is 2.25. The lowest BCUT2D eigenvalue weighted by atomic mass is 10.1. The van der Waals surface area contributed by atoms with Crippen molar-refractivity contribution in [1.82, 2.24) is 9.97 Å². The predicted octanol–water partition coefficient (Wildman–Crippen LogP) is 2.39. The van der Waals surface area contributed by atoms with E-state index in [4.69, 9.17) is 15.6 Å². The molecule has 10 nitrogen and oxygen atoms in total. The monoisotopic (exact) mass is 460 g/mol. The van der Waals surface area contributed by atoms with Gasteiger partial charge in [-0.15, -0.1) is 0 Å². The van der Waals surface area contributed by atoms with Gasteiger partial charge in [0, 0.05) is 11.4 Å². The van der Waals surface area contributed by atoms with Crippen LogP contribution in [0.1, 0.15) is 13.8 Å². The number of hydrogen-bond acceptors (Lipinski definition) is 8. The van der Waals surface area contributed by atoms with Gasteiger partial charge in [0.15, 0.2) is 17.2 Å². The molecule has 0 atom stereocenters. The molecule has 0 unspecified atom stereocenters. The van der Waals surface area contributed by atoms with Gasteiger partial charge < -0.3 is 21.1 Å². The Balaban J connectivity index is 1.76. The SMILES string of the molecule is CC(C)(Oc1ccc(Nc2nc(Nc3cccc(S(N)(=O)=O)c3)ncc2F)cc1)C(N)=O. The van der Waals surface area contributed by atoms with Gasteiger partial charge >= 0.3 is 0 Å². The van der Waals surface area contributed by atoms with E-state index in [1.54, 1.807) is 44.2 Å².